The molecule has 3 heteroatoms. The Hall–Kier alpha value is -1.09. The Labute approximate surface area is 90.9 Å². The van der Waals surface area contributed by atoms with Gasteiger partial charge in [0.25, 0.3) is 0 Å². The van der Waals surface area contributed by atoms with Gasteiger partial charge in [0.1, 0.15) is 0 Å². The minimum Gasteiger partial charge on any atom is -0.398 e. The van der Waals surface area contributed by atoms with Crippen molar-refractivity contribution in [3.05, 3.63) is 24.0 Å². The number of nitrogens with zero attached hydrogens (tertiary/aromatic N) is 1. The lowest BCUT2D eigenvalue weighted by Gasteiger charge is -2.33. The molecule has 0 amide bonds. The number of hydrogen-bond donors (Lipinski definition) is 2. The minimum atomic E-state index is 0.325. The molecule has 3 unspecified atom stereocenters. The molecule has 1 aromatic rings. The van der Waals surface area contributed by atoms with E-state index in [0.717, 1.165) is 18.5 Å². The number of hydrogen-bond acceptors (Lipinski definition) is 3. The van der Waals surface area contributed by atoms with Gasteiger partial charge in [-0.1, -0.05) is 6.92 Å². The lowest BCUT2D eigenvalue weighted by Crippen LogP contribution is -2.31. The summed E-state index contributed by atoms with van der Waals surface area (Å²) < 4.78 is 0. The Kier molecular flexibility index (Phi) is 2.91. The highest BCUT2D eigenvalue weighted by atomic mass is 14.7. The average molecular weight is 205 g/mol. The van der Waals surface area contributed by atoms with Crippen molar-refractivity contribution >= 4 is 5.69 Å². The monoisotopic (exact) mass is 205 g/mol. The van der Waals surface area contributed by atoms with E-state index in [9.17, 15) is 0 Å². The van der Waals surface area contributed by atoms with Crippen LogP contribution in [0.25, 0.3) is 0 Å². The fourth-order valence-corrected chi connectivity index (χ4v) is 2.52. The van der Waals surface area contributed by atoms with E-state index < -0.39 is 0 Å². The van der Waals surface area contributed by atoms with Gasteiger partial charge in [-0.3, -0.25) is 4.98 Å². The maximum absolute atomic E-state index is 6.01. The third-order valence-corrected chi connectivity index (χ3v) is 3.52. The number of rotatable bonds is 1. The summed E-state index contributed by atoms with van der Waals surface area (Å²) in [5.41, 5.74) is 14.0. The first-order chi connectivity index (χ1) is 7.18. The van der Waals surface area contributed by atoms with Crippen molar-refractivity contribution in [2.45, 2.75) is 38.1 Å². The molecule has 0 saturated heterocycles. The molecule has 0 bridgehead atoms. The van der Waals surface area contributed by atoms with Crippen molar-refractivity contribution in [1.29, 1.82) is 0 Å². The number of nitrogen functional groups attached to an aromatic ring is 1. The predicted octanol–water partition coefficient (Wildman–Crippen LogP) is 1.89. The molecule has 0 aromatic carbocycles. The van der Waals surface area contributed by atoms with Crippen LogP contribution in [0.5, 0.6) is 0 Å². The van der Waals surface area contributed by atoms with Gasteiger partial charge in [0, 0.05) is 24.1 Å². The van der Waals surface area contributed by atoms with Gasteiger partial charge in [-0.05, 0) is 42.7 Å². The van der Waals surface area contributed by atoms with Crippen LogP contribution in [0.3, 0.4) is 0 Å². The summed E-state index contributed by atoms with van der Waals surface area (Å²) in [5.74, 6) is 1.15. The fourth-order valence-electron chi connectivity index (χ4n) is 2.52. The van der Waals surface area contributed by atoms with Crippen LogP contribution >= 0.6 is 0 Å². The van der Waals surface area contributed by atoms with Gasteiger partial charge < -0.3 is 11.5 Å². The predicted molar refractivity (Wildman–Crippen MR) is 62.4 cm³/mol. The third kappa shape index (κ3) is 2.12. The SMILES string of the molecule is CC1CCC(N)CC1c1cnccc1N. The normalized spacial score (nSPS) is 31.5. The average Bonchev–Trinajstić information content (AvgIpc) is 2.23. The van der Waals surface area contributed by atoms with Crippen molar-refractivity contribution in [2.24, 2.45) is 11.7 Å². The number of nitrogens with two attached hydrogens (primary N) is 2. The number of pyridine rings is 1. The highest BCUT2D eigenvalue weighted by Gasteiger charge is 2.28. The first-order valence-corrected chi connectivity index (χ1v) is 5.63. The molecule has 1 aliphatic rings. The molecule has 1 heterocycles. The van der Waals surface area contributed by atoms with Gasteiger partial charge in [0.05, 0.1) is 0 Å². The lowest BCUT2D eigenvalue weighted by molar-refractivity contribution is 0.300. The molecule has 4 N–H and O–H groups in total. The van der Waals surface area contributed by atoms with Crippen LogP contribution in [0.2, 0.25) is 0 Å². The molecule has 3 atom stereocenters. The van der Waals surface area contributed by atoms with Crippen molar-refractivity contribution in [2.75, 3.05) is 5.73 Å². The van der Waals surface area contributed by atoms with Crippen molar-refractivity contribution in [3.63, 3.8) is 0 Å². The minimum absolute atomic E-state index is 0.325. The van der Waals surface area contributed by atoms with E-state index in [-0.39, 0.29) is 0 Å². The number of aromatic nitrogens is 1. The maximum Gasteiger partial charge on any atom is 0.0380 e. The molecule has 1 aromatic heterocycles. The van der Waals surface area contributed by atoms with Crippen LogP contribution in [-0.4, -0.2) is 11.0 Å². The van der Waals surface area contributed by atoms with Crippen molar-refractivity contribution in [1.82, 2.24) is 4.98 Å². The summed E-state index contributed by atoms with van der Waals surface area (Å²) in [7, 11) is 0. The van der Waals surface area contributed by atoms with Crippen LogP contribution in [0, 0.1) is 5.92 Å². The molecule has 15 heavy (non-hydrogen) atoms. The Bertz CT molecular complexity index is 337. The Balaban J connectivity index is 2.25. The van der Waals surface area contributed by atoms with Gasteiger partial charge in [-0.2, -0.15) is 0 Å². The van der Waals surface area contributed by atoms with Crippen LogP contribution in [0.4, 0.5) is 5.69 Å². The summed E-state index contributed by atoms with van der Waals surface area (Å²) in [4.78, 5) is 4.16. The molecule has 0 spiro atoms. The van der Waals surface area contributed by atoms with Crippen LogP contribution in [0.1, 0.15) is 37.7 Å². The number of anilines is 1. The van der Waals surface area contributed by atoms with Gasteiger partial charge >= 0.3 is 0 Å². The van der Waals surface area contributed by atoms with Gasteiger partial charge in [-0.25, -0.2) is 0 Å². The zero-order valence-electron chi connectivity index (χ0n) is 9.19. The molecule has 2 rings (SSSR count). The maximum atomic E-state index is 6.01. The third-order valence-electron chi connectivity index (χ3n) is 3.52. The molecule has 0 aliphatic heterocycles. The Morgan fingerprint density at radius 3 is 2.93 bits per heavy atom. The van der Waals surface area contributed by atoms with Gasteiger partial charge in [0.15, 0.2) is 0 Å². The standard InChI is InChI=1S/C12H19N3/c1-8-2-3-9(13)6-10(8)11-7-15-5-4-12(11)14/h4-5,7-10H,2-3,6,13H2,1H3,(H2,14,15). The second kappa shape index (κ2) is 4.19. The topological polar surface area (TPSA) is 64.9 Å². The molecule has 1 saturated carbocycles. The molecule has 0 radical (unpaired) electrons. The summed E-state index contributed by atoms with van der Waals surface area (Å²) in [6.45, 7) is 2.28. The highest BCUT2D eigenvalue weighted by molar-refractivity contribution is 5.46. The second-order valence-electron chi connectivity index (χ2n) is 4.66. The van der Waals surface area contributed by atoms with Gasteiger partial charge in [-0.15, -0.1) is 0 Å². The quantitative estimate of drug-likeness (QED) is 0.736. The van der Waals surface area contributed by atoms with E-state index in [2.05, 4.69) is 11.9 Å². The molecule has 1 aliphatic carbocycles. The summed E-state index contributed by atoms with van der Waals surface area (Å²) >= 11 is 0. The Morgan fingerprint density at radius 2 is 2.20 bits per heavy atom. The Morgan fingerprint density at radius 1 is 1.40 bits per heavy atom. The lowest BCUT2D eigenvalue weighted by atomic mass is 9.74. The summed E-state index contributed by atoms with van der Waals surface area (Å²) in [5, 5.41) is 0. The summed E-state index contributed by atoms with van der Waals surface area (Å²) in [6.07, 6.45) is 7.01. The first kappa shape index (κ1) is 10.4. The van der Waals surface area contributed by atoms with Crippen LogP contribution < -0.4 is 11.5 Å². The largest absolute Gasteiger partial charge is 0.398 e. The second-order valence-corrected chi connectivity index (χ2v) is 4.66. The van der Waals surface area contributed by atoms with E-state index in [1.54, 1.807) is 6.20 Å². The zero-order chi connectivity index (χ0) is 10.8. The van der Waals surface area contributed by atoms with E-state index in [4.69, 9.17) is 11.5 Å². The molecular formula is C12H19N3. The van der Waals surface area contributed by atoms with Crippen LogP contribution in [0.15, 0.2) is 18.5 Å². The molecule has 3 nitrogen and oxygen atoms in total. The van der Waals surface area contributed by atoms with E-state index in [0.29, 0.717) is 17.9 Å². The molecule has 1 fully saturated rings. The smallest absolute Gasteiger partial charge is 0.0380 e. The fraction of sp³-hybridized carbons (Fsp3) is 0.583. The zero-order valence-corrected chi connectivity index (χ0v) is 9.19. The highest BCUT2D eigenvalue weighted by Crippen LogP contribution is 2.38. The van der Waals surface area contributed by atoms with E-state index in [1.165, 1.54) is 12.0 Å². The molecule has 82 valence electrons. The van der Waals surface area contributed by atoms with Gasteiger partial charge in [0.2, 0.25) is 0 Å². The summed E-state index contributed by atoms with van der Waals surface area (Å²) in [6, 6.07) is 2.20. The van der Waals surface area contributed by atoms with E-state index >= 15 is 0 Å². The van der Waals surface area contributed by atoms with E-state index in [1.807, 2.05) is 12.3 Å². The van der Waals surface area contributed by atoms with Crippen molar-refractivity contribution < 1.29 is 0 Å². The molecular weight excluding hydrogens is 186 g/mol. The van der Waals surface area contributed by atoms with Crippen molar-refractivity contribution in [3.8, 4) is 0 Å². The first-order valence-electron chi connectivity index (χ1n) is 5.63. The van der Waals surface area contributed by atoms with Crippen LogP contribution in [-0.2, 0) is 0 Å².